The van der Waals surface area contributed by atoms with Crippen molar-refractivity contribution in [2.45, 2.75) is 63.6 Å². The molecule has 0 aromatic rings. The molecular weight excluding hydrogens is 364 g/mol. The van der Waals surface area contributed by atoms with E-state index in [0.29, 0.717) is 25.8 Å². The maximum atomic E-state index is 13.1. The van der Waals surface area contributed by atoms with Crippen LogP contribution in [0.5, 0.6) is 0 Å². The number of hydrogen-bond donors (Lipinski definition) is 2. The van der Waals surface area contributed by atoms with Gasteiger partial charge in [0.2, 0.25) is 23.6 Å². The lowest BCUT2D eigenvalue weighted by atomic mass is 9.75. The van der Waals surface area contributed by atoms with E-state index in [-0.39, 0.29) is 42.5 Å². The molecule has 0 aromatic heterocycles. The van der Waals surface area contributed by atoms with Crippen LogP contribution in [0.1, 0.15) is 46.0 Å². The second kappa shape index (κ2) is 7.52. The topological polar surface area (TPSA) is 130 Å². The van der Waals surface area contributed by atoms with E-state index in [0.717, 1.165) is 6.42 Å². The summed E-state index contributed by atoms with van der Waals surface area (Å²) in [6.07, 6.45) is 4.09. The molecule has 3 atom stereocenters. The van der Waals surface area contributed by atoms with Crippen LogP contribution < -0.4 is 11.1 Å². The summed E-state index contributed by atoms with van der Waals surface area (Å²) in [6.45, 7) is 3.35. The van der Waals surface area contributed by atoms with Crippen LogP contribution in [0.3, 0.4) is 0 Å². The molecule has 1 aliphatic carbocycles. The molecule has 153 valence electrons. The fourth-order valence-electron chi connectivity index (χ4n) is 4.38. The van der Waals surface area contributed by atoms with Gasteiger partial charge in [0.25, 0.3) is 0 Å². The molecule has 0 bridgehead atoms. The van der Waals surface area contributed by atoms with Crippen molar-refractivity contribution in [1.82, 2.24) is 15.1 Å². The van der Waals surface area contributed by atoms with E-state index >= 15 is 0 Å². The SMILES string of the molecule is CC(=O)NC1(C(=O)N2CC(=O)C3C2CCN3C(=O)[CH]CC(C)C(N)=O)CCC1. The summed E-state index contributed by atoms with van der Waals surface area (Å²) in [7, 11) is 0. The molecule has 3 unspecified atom stereocenters. The predicted octanol–water partition coefficient (Wildman–Crippen LogP) is -0.858. The lowest BCUT2D eigenvalue weighted by Crippen LogP contribution is -2.64. The molecular formula is C19H27N4O5. The van der Waals surface area contributed by atoms with Gasteiger partial charge < -0.3 is 20.9 Å². The molecule has 3 N–H and O–H groups in total. The zero-order valence-corrected chi connectivity index (χ0v) is 16.3. The second-order valence-electron chi connectivity index (χ2n) is 8.09. The second-order valence-corrected chi connectivity index (χ2v) is 8.09. The maximum absolute atomic E-state index is 13.1. The van der Waals surface area contributed by atoms with Crippen molar-refractivity contribution >= 4 is 29.4 Å². The Morgan fingerprint density at radius 3 is 2.50 bits per heavy atom. The van der Waals surface area contributed by atoms with Gasteiger partial charge in [0.05, 0.1) is 19.0 Å². The van der Waals surface area contributed by atoms with Gasteiger partial charge >= 0.3 is 0 Å². The minimum Gasteiger partial charge on any atom is -0.369 e. The first kappa shape index (κ1) is 20.3. The van der Waals surface area contributed by atoms with Crippen molar-refractivity contribution in [1.29, 1.82) is 0 Å². The van der Waals surface area contributed by atoms with Gasteiger partial charge in [-0.25, -0.2) is 0 Å². The maximum Gasteiger partial charge on any atom is 0.249 e. The van der Waals surface area contributed by atoms with E-state index in [1.165, 1.54) is 18.2 Å². The fourth-order valence-corrected chi connectivity index (χ4v) is 4.38. The summed E-state index contributed by atoms with van der Waals surface area (Å²) < 4.78 is 0. The Hall–Kier alpha value is -2.45. The number of nitrogens with one attached hydrogen (secondary N) is 1. The third kappa shape index (κ3) is 3.49. The molecule has 0 spiro atoms. The Bertz CT molecular complexity index is 717. The average molecular weight is 391 g/mol. The van der Waals surface area contributed by atoms with E-state index < -0.39 is 23.4 Å². The van der Waals surface area contributed by atoms with Crippen molar-refractivity contribution in [2.24, 2.45) is 11.7 Å². The van der Waals surface area contributed by atoms with Gasteiger partial charge in [0.15, 0.2) is 5.78 Å². The van der Waals surface area contributed by atoms with Crippen LogP contribution in [0.25, 0.3) is 0 Å². The van der Waals surface area contributed by atoms with Gasteiger partial charge in [-0.3, -0.25) is 24.0 Å². The number of carbonyl (C=O) groups is 5. The zero-order valence-electron chi connectivity index (χ0n) is 16.3. The number of amides is 4. The number of rotatable bonds is 6. The third-order valence-corrected chi connectivity index (χ3v) is 6.13. The number of hydrogen-bond acceptors (Lipinski definition) is 5. The zero-order chi connectivity index (χ0) is 20.6. The highest BCUT2D eigenvalue weighted by Crippen LogP contribution is 2.38. The van der Waals surface area contributed by atoms with E-state index in [9.17, 15) is 24.0 Å². The summed E-state index contributed by atoms with van der Waals surface area (Å²) >= 11 is 0. The van der Waals surface area contributed by atoms with Crippen molar-refractivity contribution in [3.8, 4) is 0 Å². The van der Waals surface area contributed by atoms with Gasteiger partial charge in [-0.2, -0.15) is 0 Å². The molecule has 3 rings (SSSR count). The van der Waals surface area contributed by atoms with Crippen molar-refractivity contribution in [3.05, 3.63) is 6.42 Å². The molecule has 0 aromatic carbocycles. The Morgan fingerprint density at radius 1 is 1.29 bits per heavy atom. The average Bonchev–Trinajstić information content (AvgIpc) is 3.16. The standard InChI is InChI=1S/C19H27N4O5/c1-11(17(20)27)4-5-15(26)22-9-6-13-16(22)14(25)10-23(13)18(28)19(7-3-8-19)21-12(2)24/h5,11,13,16H,3-4,6-10H2,1-2H3,(H2,20,27)(H,21,24). The number of fused-ring (bicyclic) bond motifs is 1. The summed E-state index contributed by atoms with van der Waals surface area (Å²) in [5.74, 6) is -1.93. The van der Waals surface area contributed by atoms with Gasteiger partial charge in [-0.15, -0.1) is 0 Å². The molecule has 1 radical (unpaired) electrons. The molecule has 4 amide bonds. The first-order chi connectivity index (χ1) is 13.2. The molecule has 3 aliphatic rings. The number of likely N-dealkylation sites (tertiary alicyclic amines) is 2. The first-order valence-corrected chi connectivity index (χ1v) is 9.72. The normalized spacial score (nSPS) is 26.4. The number of primary amides is 1. The van der Waals surface area contributed by atoms with Crippen LogP contribution in [0.15, 0.2) is 0 Å². The minimum atomic E-state index is -0.915. The van der Waals surface area contributed by atoms with E-state index in [2.05, 4.69) is 5.32 Å². The summed E-state index contributed by atoms with van der Waals surface area (Å²) in [6, 6.07) is -1.02. The van der Waals surface area contributed by atoms with Crippen LogP contribution >= 0.6 is 0 Å². The highest BCUT2D eigenvalue weighted by atomic mass is 16.2. The van der Waals surface area contributed by atoms with Gasteiger partial charge in [0.1, 0.15) is 11.6 Å². The summed E-state index contributed by atoms with van der Waals surface area (Å²) in [5, 5.41) is 2.77. The van der Waals surface area contributed by atoms with Gasteiger partial charge in [0, 0.05) is 19.4 Å². The van der Waals surface area contributed by atoms with Crippen LogP contribution in [-0.2, 0) is 24.0 Å². The molecule has 2 saturated heterocycles. The highest BCUT2D eigenvalue weighted by Gasteiger charge is 2.56. The molecule has 2 heterocycles. The third-order valence-electron chi connectivity index (χ3n) is 6.13. The first-order valence-electron chi connectivity index (χ1n) is 9.72. The lowest BCUT2D eigenvalue weighted by molar-refractivity contribution is -0.146. The monoisotopic (exact) mass is 391 g/mol. The van der Waals surface area contributed by atoms with E-state index in [1.807, 2.05) is 0 Å². The summed E-state index contributed by atoms with van der Waals surface area (Å²) in [5.41, 5.74) is 4.30. The number of Topliss-reactive ketones (excluding diaryl/α,β-unsaturated/α-hetero) is 1. The highest BCUT2D eigenvalue weighted by molar-refractivity contribution is 6.01. The Morgan fingerprint density at radius 2 is 1.96 bits per heavy atom. The van der Waals surface area contributed by atoms with Crippen molar-refractivity contribution < 1.29 is 24.0 Å². The fraction of sp³-hybridized carbons (Fsp3) is 0.684. The molecule has 9 nitrogen and oxygen atoms in total. The van der Waals surface area contributed by atoms with Crippen LogP contribution in [0.4, 0.5) is 0 Å². The molecule has 1 saturated carbocycles. The Kier molecular flexibility index (Phi) is 5.45. The lowest BCUT2D eigenvalue weighted by Gasteiger charge is -2.43. The van der Waals surface area contributed by atoms with E-state index in [4.69, 9.17) is 5.73 Å². The number of ketones is 1. The predicted molar refractivity (Wildman–Crippen MR) is 98.3 cm³/mol. The van der Waals surface area contributed by atoms with Crippen molar-refractivity contribution in [2.75, 3.05) is 13.1 Å². The number of carbonyl (C=O) groups excluding carboxylic acids is 5. The van der Waals surface area contributed by atoms with Gasteiger partial charge in [-0.05, 0) is 32.1 Å². The van der Waals surface area contributed by atoms with Gasteiger partial charge in [-0.1, -0.05) is 6.92 Å². The molecule has 3 fully saturated rings. The Balaban J connectivity index is 1.68. The van der Waals surface area contributed by atoms with Crippen LogP contribution in [-0.4, -0.2) is 69.9 Å². The Labute approximate surface area is 164 Å². The van der Waals surface area contributed by atoms with Crippen LogP contribution in [0, 0.1) is 12.3 Å². The quantitative estimate of drug-likeness (QED) is 0.609. The minimum absolute atomic E-state index is 0.0447. The number of nitrogens with zero attached hydrogens (tertiary/aromatic N) is 2. The summed E-state index contributed by atoms with van der Waals surface area (Å²) in [4.78, 5) is 64.0. The molecule has 9 heteroatoms. The van der Waals surface area contributed by atoms with Crippen molar-refractivity contribution in [3.63, 3.8) is 0 Å². The molecule has 2 aliphatic heterocycles. The number of nitrogens with two attached hydrogens (primary N) is 1. The van der Waals surface area contributed by atoms with E-state index in [1.54, 1.807) is 11.8 Å². The van der Waals surface area contributed by atoms with Crippen LogP contribution in [0.2, 0.25) is 0 Å². The molecule has 28 heavy (non-hydrogen) atoms. The largest absolute Gasteiger partial charge is 0.369 e. The smallest absolute Gasteiger partial charge is 0.249 e.